The second-order valence-corrected chi connectivity index (χ2v) is 17.5. The fraction of sp³-hybridized carbons (Fsp3) is 0.404. The fourth-order valence-electron chi connectivity index (χ4n) is 7.41. The quantitative estimate of drug-likeness (QED) is 0.0623. The summed E-state index contributed by atoms with van der Waals surface area (Å²) in [7, 11) is 0. The zero-order chi connectivity index (χ0) is 52.0. The van der Waals surface area contributed by atoms with E-state index in [1.54, 1.807) is 49.7 Å². The van der Waals surface area contributed by atoms with Crippen LogP contribution in [-0.4, -0.2) is 121 Å². The summed E-state index contributed by atoms with van der Waals surface area (Å²) in [5.74, 6) is -11.3. The van der Waals surface area contributed by atoms with Gasteiger partial charge in [-0.2, -0.15) is 0 Å². The first kappa shape index (κ1) is 54.8. The number of carbonyl (C=O) groups is 10. The number of amides is 8. The number of primary amides is 1. The Hall–Kier alpha value is -7.82. The van der Waals surface area contributed by atoms with Crippen LogP contribution in [0.4, 0.5) is 8.78 Å². The first-order valence-electron chi connectivity index (χ1n) is 22.0. The molecule has 376 valence electrons. The second kappa shape index (κ2) is 24.5. The molecule has 3 aromatic rings. The first-order chi connectivity index (χ1) is 32.9. The summed E-state index contributed by atoms with van der Waals surface area (Å²) in [6.07, 6.45) is 1.39. The van der Waals surface area contributed by atoms with Gasteiger partial charge in [0.1, 0.15) is 42.4 Å². The van der Waals surface area contributed by atoms with Crippen molar-refractivity contribution in [2.75, 3.05) is 13.2 Å². The largest absolute Gasteiger partial charge is 0.480 e. The highest BCUT2D eigenvalue weighted by atomic mass is 19.1. The molecule has 0 unspecified atom stereocenters. The summed E-state index contributed by atoms with van der Waals surface area (Å²) in [5.41, 5.74) is 5.93. The zero-order valence-electron chi connectivity index (χ0n) is 39.0. The highest BCUT2D eigenvalue weighted by Gasteiger charge is 2.39. The molecule has 2 heterocycles. The molecule has 0 fully saturated rings. The summed E-state index contributed by atoms with van der Waals surface area (Å²) < 4.78 is 31.4. The number of aliphatic hydroxyl groups is 1. The van der Waals surface area contributed by atoms with Gasteiger partial charge < -0.3 is 51.5 Å². The molecule has 70 heavy (non-hydrogen) atoms. The van der Waals surface area contributed by atoms with E-state index in [1.807, 2.05) is 18.2 Å². The number of carboxylic acids is 1. The number of hydrogen-bond acceptors (Lipinski definition) is 12. The van der Waals surface area contributed by atoms with Crippen molar-refractivity contribution in [2.45, 2.75) is 103 Å². The van der Waals surface area contributed by atoms with Crippen LogP contribution in [0, 0.1) is 17.0 Å². The van der Waals surface area contributed by atoms with Crippen molar-refractivity contribution in [1.82, 2.24) is 35.8 Å². The number of hydrogen-bond donors (Lipinski definition) is 7. The lowest BCUT2D eigenvalue weighted by Crippen LogP contribution is -2.57. The molecular formula is C47H56F2N8O13. The van der Waals surface area contributed by atoms with E-state index in [1.165, 1.54) is 18.7 Å². The number of aromatic nitrogens is 1. The summed E-state index contributed by atoms with van der Waals surface area (Å²) in [6.45, 7) is 6.62. The molecule has 1 aliphatic rings. The summed E-state index contributed by atoms with van der Waals surface area (Å²) in [6, 6.07) is 6.52. The van der Waals surface area contributed by atoms with E-state index >= 15 is 4.39 Å². The predicted octanol–water partition coefficient (Wildman–Crippen LogP) is 1.27. The Labute approximate surface area is 400 Å². The van der Waals surface area contributed by atoms with E-state index < -0.39 is 132 Å². The van der Waals surface area contributed by atoms with Crippen LogP contribution in [-0.2, 0) is 59.3 Å². The number of carboxylic acid groups (broad SMARTS) is 1. The van der Waals surface area contributed by atoms with Crippen LogP contribution in [0.1, 0.15) is 84.0 Å². The molecule has 0 radical (unpaired) electrons. The normalized spacial score (nSPS) is 14.4. The number of nitrogens with two attached hydrogens (primary N) is 1. The molecule has 2 aromatic carbocycles. The number of rotatable bonds is 24. The maximum absolute atomic E-state index is 15.2. The minimum Gasteiger partial charge on any atom is -0.480 e. The van der Waals surface area contributed by atoms with Gasteiger partial charge in [-0.1, -0.05) is 56.2 Å². The van der Waals surface area contributed by atoms with Crippen LogP contribution in [0.5, 0.6) is 0 Å². The van der Waals surface area contributed by atoms with Crippen LogP contribution in [0.2, 0.25) is 0 Å². The molecular weight excluding hydrogens is 923 g/mol. The van der Waals surface area contributed by atoms with E-state index in [9.17, 15) is 62.5 Å². The van der Waals surface area contributed by atoms with Gasteiger partial charge in [-0.05, 0) is 61.9 Å². The topological polar surface area (TPSA) is 306 Å². The second-order valence-electron chi connectivity index (χ2n) is 17.5. The standard InChI is InChI=1S/C47H56F2N8O13/c1-26(51-37(60)12-9-13-41(64)70-57-38(61)16-17-39(57)62)43(65)52-27(2)44(66)54-34(22-36(50)59)45(67)53-33(46(68)69)18-19-56(40(63)25-58)42(47(3,4)5)35-20-29(31-21-30(48)14-15-32(31)49)24-55(35)23-28-10-7-6-8-11-28/h6-8,10-11,14-17,20-21,24,26-27,33-34,42,58H,9,12-13,18-19,22-23,25H2,1-5H3,(H2,50,59)(H,51,60)(H,52,65)(H,53,67)(H,54,66)(H,68,69)/t26-,27-,33-,34-,42-/m0/s1. The molecule has 5 atom stereocenters. The van der Waals surface area contributed by atoms with Gasteiger partial charge in [-0.3, -0.25) is 38.4 Å². The third kappa shape index (κ3) is 15.3. The van der Waals surface area contributed by atoms with Crippen molar-refractivity contribution in [3.63, 3.8) is 0 Å². The van der Waals surface area contributed by atoms with Crippen molar-refractivity contribution in [3.8, 4) is 11.1 Å². The average molecular weight is 979 g/mol. The Morgan fingerprint density at radius 1 is 0.814 bits per heavy atom. The smallest absolute Gasteiger partial charge is 0.333 e. The fourth-order valence-corrected chi connectivity index (χ4v) is 7.41. The number of nitrogens with zero attached hydrogens (tertiary/aromatic N) is 3. The van der Waals surface area contributed by atoms with Gasteiger partial charge in [0.2, 0.25) is 35.4 Å². The molecule has 23 heteroatoms. The van der Waals surface area contributed by atoms with Gasteiger partial charge in [-0.15, -0.1) is 0 Å². The van der Waals surface area contributed by atoms with Crippen molar-refractivity contribution in [2.24, 2.45) is 11.1 Å². The average Bonchev–Trinajstić information content (AvgIpc) is 3.84. The predicted molar refractivity (Wildman–Crippen MR) is 242 cm³/mol. The van der Waals surface area contributed by atoms with Crippen LogP contribution < -0.4 is 27.0 Å². The van der Waals surface area contributed by atoms with Crippen LogP contribution in [0.3, 0.4) is 0 Å². The number of hydroxylamine groups is 2. The molecule has 0 bridgehead atoms. The van der Waals surface area contributed by atoms with Crippen molar-refractivity contribution in [1.29, 1.82) is 0 Å². The molecule has 0 spiro atoms. The molecule has 21 nitrogen and oxygen atoms in total. The van der Waals surface area contributed by atoms with Gasteiger partial charge in [0.15, 0.2) is 0 Å². The van der Waals surface area contributed by atoms with Crippen molar-refractivity contribution < 1.29 is 71.8 Å². The van der Waals surface area contributed by atoms with Gasteiger partial charge >= 0.3 is 11.9 Å². The first-order valence-corrected chi connectivity index (χ1v) is 22.0. The maximum atomic E-state index is 15.2. The van der Waals surface area contributed by atoms with E-state index in [0.717, 1.165) is 35.9 Å². The molecule has 4 rings (SSSR count). The van der Waals surface area contributed by atoms with Crippen LogP contribution in [0.15, 0.2) is 72.9 Å². The molecule has 1 aromatic heterocycles. The van der Waals surface area contributed by atoms with E-state index in [2.05, 4.69) is 26.1 Å². The van der Waals surface area contributed by atoms with Crippen molar-refractivity contribution >= 4 is 59.2 Å². The Morgan fingerprint density at radius 2 is 1.43 bits per heavy atom. The number of aliphatic carboxylic acids is 1. The zero-order valence-corrected chi connectivity index (χ0v) is 39.0. The Kier molecular flexibility index (Phi) is 19.1. The molecule has 8 amide bonds. The third-order valence-corrected chi connectivity index (χ3v) is 10.8. The van der Waals surface area contributed by atoms with Gasteiger partial charge in [-0.25, -0.2) is 18.4 Å². The SMILES string of the molecule is C[C@H](NC(=O)CCCC(=O)ON1C(=O)C=CC1=O)C(=O)N[C@@H](C)C(=O)N[C@@H](CC(N)=O)C(=O)N[C@@H](CCN(C(=O)CO)[C@@H](c1cc(-c2cc(F)ccc2F)cn1Cc1ccccc1)C(C)(C)C)C(=O)O. The number of imide groups is 1. The molecule has 0 aliphatic carbocycles. The molecule has 0 saturated carbocycles. The lowest BCUT2D eigenvalue weighted by Gasteiger charge is -2.41. The van der Waals surface area contributed by atoms with Crippen molar-refractivity contribution in [3.05, 3.63) is 95.8 Å². The lowest BCUT2D eigenvalue weighted by molar-refractivity contribution is -0.196. The number of carbonyl (C=O) groups excluding carboxylic acids is 9. The van der Waals surface area contributed by atoms with Crippen LogP contribution >= 0.6 is 0 Å². The lowest BCUT2D eigenvalue weighted by atomic mass is 9.82. The highest BCUT2D eigenvalue weighted by Crippen LogP contribution is 2.41. The Bertz CT molecular complexity index is 2490. The molecule has 8 N–H and O–H groups in total. The number of aliphatic hydroxyl groups excluding tert-OH is 1. The van der Waals surface area contributed by atoms with E-state index in [0.29, 0.717) is 5.69 Å². The van der Waals surface area contributed by atoms with Gasteiger partial charge in [0.05, 0.1) is 12.5 Å². The molecule has 0 saturated heterocycles. The summed E-state index contributed by atoms with van der Waals surface area (Å²) in [5, 5.41) is 30.0. The van der Waals surface area contributed by atoms with E-state index in [-0.39, 0.29) is 42.0 Å². The Morgan fingerprint density at radius 3 is 2.03 bits per heavy atom. The minimum atomic E-state index is -1.77. The monoisotopic (exact) mass is 978 g/mol. The third-order valence-electron chi connectivity index (χ3n) is 10.8. The number of nitrogens with one attached hydrogen (secondary N) is 4. The summed E-state index contributed by atoms with van der Waals surface area (Å²) >= 11 is 0. The molecule has 1 aliphatic heterocycles. The Balaban J connectivity index is 1.45. The van der Waals surface area contributed by atoms with Gasteiger partial charge in [0.25, 0.3) is 11.8 Å². The van der Waals surface area contributed by atoms with E-state index in [4.69, 9.17) is 5.73 Å². The van der Waals surface area contributed by atoms with Gasteiger partial charge in [0, 0.05) is 61.1 Å². The number of halogens is 2. The van der Waals surface area contributed by atoms with Crippen LogP contribution in [0.25, 0.3) is 11.1 Å². The number of benzene rings is 2. The maximum Gasteiger partial charge on any atom is 0.333 e. The highest BCUT2D eigenvalue weighted by molar-refractivity contribution is 6.12. The minimum absolute atomic E-state index is 0.0632. The summed E-state index contributed by atoms with van der Waals surface area (Å²) in [4.78, 5) is 132.